The zero-order valence-corrected chi connectivity index (χ0v) is 17.1. The molecule has 1 aliphatic heterocycles. The smallest absolute Gasteiger partial charge is 0.315 e. The molecule has 1 saturated heterocycles. The number of thiocarbonyl (C=S) groups is 1. The second-order valence-corrected chi connectivity index (χ2v) is 7.09. The first kappa shape index (κ1) is 20.4. The van der Waals surface area contributed by atoms with Crippen LogP contribution in [0.2, 0.25) is 0 Å². The summed E-state index contributed by atoms with van der Waals surface area (Å²) in [6.07, 6.45) is 1.17. The molecule has 1 fully saturated rings. The Balaban J connectivity index is 2.10. The van der Waals surface area contributed by atoms with Crippen molar-refractivity contribution < 1.29 is 24.4 Å². The lowest BCUT2D eigenvalue weighted by molar-refractivity contribution is -0.386. The molecule has 0 aliphatic carbocycles. The fourth-order valence-electron chi connectivity index (χ4n) is 2.67. The van der Waals surface area contributed by atoms with Crippen LogP contribution in [0.4, 0.5) is 11.4 Å². The Hall–Kier alpha value is -3.31. The highest BCUT2D eigenvalue weighted by molar-refractivity contribution is 9.10. The Morgan fingerprint density at radius 3 is 2.66 bits per heavy atom. The molecule has 0 aromatic heterocycles. The zero-order chi connectivity index (χ0) is 21.3. The third-order valence-corrected chi connectivity index (χ3v) is 4.75. The number of rotatable bonds is 4. The van der Waals surface area contributed by atoms with Gasteiger partial charge >= 0.3 is 5.69 Å². The van der Waals surface area contributed by atoms with E-state index in [1.54, 1.807) is 24.3 Å². The molecule has 9 nitrogen and oxygen atoms in total. The van der Waals surface area contributed by atoms with Crippen molar-refractivity contribution in [2.24, 2.45) is 0 Å². The predicted octanol–water partition coefficient (Wildman–Crippen LogP) is 2.90. The van der Waals surface area contributed by atoms with E-state index in [2.05, 4.69) is 21.2 Å². The van der Waals surface area contributed by atoms with Gasteiger partial charge in [0.2, 0.25) is 5.75 Å². The van der Waals surface area contributed by atoms with Gasteiger partial charge in [-0.2, -0.15) is 0 Å². The molecule has 148 valence electrons. The van der Waals surface area contributed by atoms with Crippen LogP contribution in [0.15, 0.2) is 46.4 Å². The SMILES string of the molecule is COc1cc(/C=C2\C(=O)NC(=S)N(c3cccc(Br)c3)C2=O)cc([N+](=O)[O-])c1O. The molecule has 0 radical (unpaired) electrons. The molecule has 3 rings (SSSR count). The first-order valence-electron chi connectivity index (χ1n) is 7.95. The first-order chi connectivity index (χ1) is 13.7. The number of methoxy groups -OCH3 is 1. The number of anilines is 1. The number of nitrogens with one attached hydrogen (secondary N) is 1. The number of halogens is 1. The number of nitro groups is 1. The number of nitrogens with zero attached hydrogens (tertiary/aromatic N) is 2. The van der Waals surface area contributed by atoms with Crippen LogP contribution >= 0.6 is 28.1 Å². The van der Waals surface area contributed by atoms with Gasteiger partial charge in [-0.3, -0.25) is 29.9 Å². The van der Waals surface area contributed by atoms with Crippen LogP contribution in [0.25, 0.3) is 6.08 Å². The van der Waals surface area contributed by atoms with E-state index in [1.165, 1.54) is 19.3 Å². The maximum Gasteiger partial charge on any atom is 0.315 e. The van der Waals surface area contributed by atoms with Crippen molar-refractivity contribution in [3.8, 4) is 11.5 Å². The van der Waals surface area contributed by atoms with Gasteiger partial charge in [0.25, 0.3) is 11.8 Å². The number of amides is 2. The molecule has 2 amide bonds. The van der Waals surface area contributed by atoms with Crippen molar-refractivity contribution >= 4 is 62.5 Å². The number of aromatic hydroxyl groups is 1. The topological polar surface area (TPSA) is 122 Å². The van der Waals surface area contributed by atoms with Crippen molar-refractivity contribution in [3.05, 3.63) is 62.1 Å². The summed E-state index contributed by atoms with van der Waals surface area (Å²) in [5.74, 6) is -2.28. The summed E-state index contributed by atoms with van der Waals surface area (Å²) in [6.45, 7) is 0. The maximum atomic E-state index is 13.0. The lowest BCUT2D eigenvalue weighted by Crippen LogP contribution is -2.54. The first-order valence-corrected chi connectivity index (χ1v) is 9.15. The van der Waals surface area contributed by atoms with Crippen molar-refractivity contribution in [3.63, 3.8) is 0 Å². The fraction of sp³-hybridized carbons (Fsp3) is 0.0556. The summed E-state index contributed by atoms with van der Waals surface area (Å²) in [5.41, 5.74) is -0.374. The van der Waals surface area contributed by atoms with Gasteiger partial charge in [0.15, 0.2) is 10.9 Å². The Morgan fingerprint density at radius 1 is 1.31 bits per heavy atom. The number of benzene rings is 2. The standard InChI is InChI=1S/C18H12BrN3O6S/c1-28-14-7-9(6-13(15(14)23)22(26)27)5-12-16(24)20-18(29)21(17(12)25)11-4-2-3-10(19)8-11/h2-8,23H,1H3,(H,20,24,29)/b12-5+. The van der Waals surface area contributed by atoms with Gasteiger partial charge in [0.05, 0.1) is 17.7 Å². The molecule has 0 spiro atoms. The van der Waals surface area contributed by atoms with Crippen molar-refractivity contribution in [2.45, 2.75) is 0 Å². The van der Waals surface area contributed by atoms with Crippen LogP contribution in [-0.2, 0) is 9.59 Å². The van der Waals surface area contributed by atoms with E-state index in [9.17, 15) is 24.8 Å². The summed E-state index contributed by atoms with van der Waals surface area (Å²) in [7, 11) is 1.22. The predicted molar refractivity (Wildman–Crippen MR) is 112 cm³/mol. The van der Waals surface area contributed by atoms with E-state index >= 15 is 0 Å². The van der Waals surface area contributed by atoms with Crippen LogP contribution in [-0.4, -0.2) is 34.1 Å². The molecule has 0 unspecified atom stereocenters. The largest absolute Gasteiger partial charge is 0.500 e. The van der Waals surface area contributed by atoms with Crippen LogP contribution in [0.3, 0.4) is 0 Å². The Morgan fingerprint density at radius 2 is 2.03 bits per heavy atom. The van der Waals surface area contributed by atoms with E-state index in [1.807, 2.05) is 0 Å². The lowest BCUT2D eigenvalue weighted by atomic mass is 10.1. The van der Waals surface area contributed by atoms with Gasteiger partial charge in [-0.15, -0.1) is 0 Å². The normalized spacial score (nSPS) is 15.4. The summed E-state index contributed by atoms with van der Waals surface area (Å²) >= 11 is 8.43. The van der Waals surface area contributed by atoms with Crippen LogP contribution in [0.1, 0.15) is 5.56 Å². The van der Waals surface area contributed by atoms with E-state index in [0.29, 0.717) is 10.2 Å². The second kappa shape index (κ2) is 7.97. The Bertz CT molecular complexity index is 1100. The minimum Gasteiger partial charge on any atom is -0.500 e. The van der Waals surface area contributed by atoms with Crippen LogP contribution < -0.4 is 15.0 Å². The van der Waals surface area contributed by atoms with Gasteiger partial charge in [-0.05, 0) is 48.1 Å². The van der Waals surface area contributed by atoms with Crippen LogP contribution in [0, 0.1) is 10.1 Å². The van der Waals surface area contributed by atoms with E-state index in [0.717, 1.165) is 11.0 Å². The third-order valence-electron chi connectivity index (χ3n) is 3.97. The second-order valence-electron chi connectivity index (χ2n) is 5.79. The minimum atomic E-state index is -0.800. The monoisotopic (exact) mass is 477 g/mol. The number of ether oxygens (including phenoxy) is 1. The average Bonchev–Trinajstić information content (AvgIpc) is 2.65. The molecule has 2 aromatic rings. The highest BCUT2D eigenvalue weighted by Crippen LogP contribution is 2.37. The van der Waals surface area contributed by atoms with Crippen molar-refractivity contribution in [1.82, 2.24) is 5.32 Å². The number of hydrogen-bond acceptors (Lipinski definition) is 7. The summed E-state index contributed by atoms with van der Waals surface area (Å²) < 4.78 is 5.64. The maximum absolute atomic E-state index is 13.0. The number of carbonyl (C=O) groups excluding carboxylic acids is 2. The van der Waals surface area contributed by atoms with E-state index in [4.69, 9.17) is 17.0 Å². The highest BCUT2D eigenvalue weighted by Gasteiger charge is 2.34. The number of phenols is 1. The van der Waals surface area contributed by atoms with Crippen LogP contribution in [0.5, 0.6) is 11.5 Å². The molecule has 2 aromatic carbocycles. The average molecular weight is 478 g/mol. The Labute approximate surface area is 177 Å². The number of hydrogen-bond donors (Lipinski definition) is 2. The molecule has 0 saturated carbocycles. The van der Waals surface area contributed by atoms with Gasteiger partial charge in [-0.1, -0.05) is 22.0 Å². The molecule has 2 N–H and O–H groups in total. The van der Waals surface area contributed by atoms with E-state index < -0.39 is 28.2 Å². The summed E-state index contributed by atoms with van der Waals surface area (Å²) in [6, 6.07) is 9.04. The van der Waals surface area contributed by atoms with E-state index in [-0.39, 0.29) is 22.0 Å². The molecule has 0 atom stereocenters. The van der Waals surface area contributed by atoms with Gasteiger partial charge in [-0.25, -0.2) is 0 Å². The number of carbonyl (C=O) groups is 2. The molecule has 0 bridgehead atoms. The Kier molecular flexibility index (Phi) is 5.62. The summed E-state index contributed by atoms with van der Waals surface area (Å²) in [4.78, 5) is 36.9. The van der Waals surface area contributed by atoms with Crippen molar-refractivity contribution in [1.29, 1.82) is 0 Å². The molecule has 1 aliphatic rings. The molecular formula is C18H12BrN3O6S. The molecular weight excluding hydrogens is 466 g/mol. The minimum absolute atomic E-state index is 0.0930. The molecule has 11 heteroatoms. The van der Waals surface area contributed by atoms with Gasteiger partial charge in [0, 0.05) is 10.5 Å². The molecule has 1 heterocycles. The van der Waals surface area contributed by atoms with Gasteiger partial charge in [0.1, 0.15) is 5.57 Å². The number of nitro benzene ring substituents is 1. The number of phenolic OH excluding ortho intramolecular Hbond substituents is 1. The molecule has 29 heavy (non-hydrogen) atoms. The zero-order valence-electron chi connectivity index (χ0n) is 14.7. The fourth-order valence-corrected chi connectivity index (χ4v) is 3.33. The summed E-state index contributed by atoms with van der Waals surface area (Å²) in [5, 5.41) is 23.4. The third kappa shape index (κ3) is 3.96. The van der Waals surface area contributed by atoms with Crippen molar-refractivity contribution in [2.75, 3.05) is 12.0 Å². The van der Waals surface area contributed by atoms with Gasteiger partial charge < -0.3 is 9.84 Å². The quantitative estimate of drug-likeness (QED) is 0.228. The highest BCUT2D eigenvalue weighted by atomic mass is 79.9. The lowest BCUT2D eigenvalue weighted by Gasteiger charge is -2.29.